The fourth-order valence-corrected chi connectivity index (χ4v) is 3.26. The summed E-state index contributed by atoms with van der Waals surface area (Å²) in [4.78, 5) is 16.2. The number of aryl methyl sites for hydroxylation is 1. The predicted octanol–water partition coefficient (Wildman–Crippen LogP) is 4.13. The molecule has 0 unspecified atom stereocenters. The van der Waals surface area contributed by atoms with Gasteiger partial charge in [0.2, 0.25) is 0 Å². The molecule has 0 aromatic heterocycles. The topological polar surface area (TPSA) is 32.8 Å². The van der Waals surface area contributed by atoms with Crippen LogP contribution in [0.1, 0.15) is 18.1 Å². The van der Waals surface area contributed by atoms with E-state index >= 15 is 0 Å². The van der Waals surface area contributed by atoms with Crippen LogP contribution >= 0.6 is 0 Å². The van der Waals surface area contributed by atoms with Crippen LogP contribution < -0.4 is 9.64 Å². The molecule has 1 amide bonds. The van der Waals surface area contributed by atoms with Gasteiger partial charge in [-0.2, -0.15) is 13.2 Å². The SMILES string of the molecule is Cc1cccc(O[C@H](C)C(=O)N2CCN(c3cccc(C(F)(F)F)c3)CC2)c1. The summed E-state index contributed by atoms with van der Waals surface area (Å²) >= 11 is 0. The molecule has 1 fully saturated rings. The second kappa shape index (κ2) is 8.12. The first-order valence-electron chi connectivity index (χ1n) is 9.18. The zero-order valence-corrected chi connectivity index (χ0v) is 15.9. The summed E-state index contributed by atoms with van der Waals surface area (Å²) in [6, 6.07) is 12.8. The molecule has 28 heavy (non-hydrogen) atoms. The number of carbonyl (C=O) groups is 1. The van der Waals surface area contributed by atoms with Crippen LogP contribution in [0.4, 0.5) is 18.9 Å². The van der Waals surface area contributed by atoms with Gasteiger partial charge in [-0.25, -0.2) is 0 Å². The van der Waals surface area contributed by atoms with Gasteiger partial charge in [-0.05, 0) is 49.7 Å². The van der Waals surface area contributed by atoms with Crippen LogP contribution in [0.3, 0.4) is 0 Å². The molecule has 3 rings (SSSR count). The van der Waals surface area contributed by atoms with Crippen LogP contribution in [-0.4, -0.2) is 43.1 Å². The van der Waals surface area contributed by atoms with Crippen molar-refractivity contribution < 1.29 is 22.7 Å². The van der Waals surface area contributed by atoms with Gasteiger partial charge in [-0.1, -0.05) is 18.2 Å². The molecule has 1 saturated heterocycles. The standard InChI is InChI=1S/C21H23F3N2O2/c1-15-5-3-8-19(13-15)28-16(2)20(27)26-11-9-25(10-12-26)18-7-4-6-17(14-18)21(22,23)24/h3-8,13-14,16H,9-12H2,1-2H3/t16-/m1/s1. The Labute approximate surface area is 162 Å². The first-order chi connectivity index (χ1) is 13.2. The molecule has 7 heteroatoms. The summed E-state index contributed by atoms with van der Waals surface area (Å²) < 4.78 is 44.5. The number of carbonyl (C=O) groups excluding carboxylic acids is 1. The number of ether oxygens (including phenoxy) is 1. The zero-order valence-electron chi connectivity index (χ0n) is 15.9. The minimum Gasteiger partial charge on any atom is -0.481 e. The van der Waals surface area contributed by atoms with Crippen LogP contribution in [0.5, 0.6) is 5.75 Å². The molecular formula is C21H23F3N2O2. The van der Waals surface area contributed by atoms with E-state index in [0.717, 1.165) is 17.7 Å². The van der Waals surface area contributed by atoms with Gasteiger partial charge in [0.25, 0.3) is 5.91 Å². The summed E-state index contributed by atoms with van der Waals surface area (Å²) in [7, 11) is 0. The van der Waals surface area contributed by atoms with Gasteiger partial charge in [0.1, 0.15) is 5.75 Å². The zero-order chi connectivity index (χ0) is 20.3. The van der Waals surface area contributed by atoms with Gasteiger partial charge < -0.3 is 14.5 Å². The second-order valence-corrected chi connectivity index (χ2v) is 6.94. The van der Waals surface area contributed by atoms with Crippen LogP contribution in [-0.2, 0) is 11.0 Å². The van der Waals surface area contributed by atoms with Crippen LogP contribution in [0.25, 0.3) is 0 Å². The van der Waals surface area contributed by atoms with Crippen molar-refractivity contribution in [1.82, 2.24) is 4.90 Å². The van der Waals surface area contributed by atoms with Crippen LogP contribution in [0.2, 0.25) is 0 Å². The van der Waals surface area contributed by atoms with Crippen molar-refractivity contribution in [2.24, 2.45) is 0 Å². The molecule has 150 valence electrons. The first-order valence-corrected chi connectivity index (χ1v) is 9.18. The summed E-state index contributed by atoms with van der Waals surface area (Å²) in [6.07, 6.45) is -4.99. The third-order valence-corrected chi connectivity index (χ3v) is 4.78. The summed E-state index contributed by atoms with van der Waals surface area (Å²) in [5.41, 5.74) is 0.904. The number of piperazine rings is 1. The Bertz CT molecular complexity index is 830. The second-order valence-electron chi connectivity index (χ2n) is 6.94. The van der Waals surface area contributed by atoms with Crippen molar-refractivity contribution in [2.45, 2.75) is 26.1 Å². The van der Waals surface area contributed by atoms with Gasteiger partial charge in [-0.15, -0.1) is 0 Å². The van der Waals surface area contributed by atoms with Crippen molar-refractivity contribution in [3.8, 4) is 5.75 Å². The Balaban J connectivity index is 1.58. The molecule has 0 saturated carbocycles. The minimum atomic E-state index is -4.36. The molecule has 0 radical (unpaired) electrons. The van der Waals surface area contributed by atoms with Gasteiger partial charge in [-0.3, -0.25) is 4.79 Å². The van der Waals surface area contributed by atoms with Crippen molar-refractivity contribution in [2.75, 3.05) is 31.1 Å². The third kappa shape index (κ3) is 4.77. The average Bonchev–Trinajstić information content (AvgIpc) is 2.67. The maximum atomic E-state index is 12.9. The Morgan fingerprint density at radius 2 is 1.71 bits per heavy atom. The number of anilines is 1. The van der Waals surface area contributed by atoms with E-state index in [0.29, 0.717) is 37.6 Å². The molecular weight excluding hydrogens is 369 g/mol. The highest BCUT2D eigenvalue weighted by Gasteiger charge is 2.31. The number of amides is 1. The number of halogens is 3. The molecule has 0 N–H and O–H groups in total. The number of alkyl halides is 3. The highest BCUT2D eigenvalue weighted by Crippen LogP contribution is 2.32. The number of hydrogen-bond acceptors (Lipinski definition) is 3. The van der Waals surface area contributed by atoms with E-state index in [4.69, 9.17) is 4.74 Å². The highest BCUT2D eigenvalue weighted by atomic mass is 19.4. The van der Waals surface area contributed by atoms with Crippen LogP contribution in [0.15, 0.2) is 48.5 Å². The predicted molar refractivity (Wildman–Crippen MR) is 102 cm³/mol. The number of rotatable bonds is 4. The number of nitrogens with zero attached hydrogens (tertiary/aromatic N) is 2. The van der Waals surface area contributed by atoms with Crippen molar-refractivity contribution >= 4 is 11.6 Å². The Morgan fingerprint density at radius 1 is 1.04 bits per heavy atom. The Morgan fingerprint density at radius 3 is 2.36 bits per heavy atom. The lowest BCUT2D eigenvalue weighted by atomic mass is 10.1. The van der Waals surface area contributed by atoms with Gasteiger partial charge in [0.15, 0.2) is 6.10 Å². The van der Waals surface area contributed by atoms with E-state index in [1.165, 1.54) is 6.07 Å². The maximum absolute atomic E-state index is 12.9. The third-order valence-electron chi connectivity index (χ3n) is 4.78. The molecule has 4 nitrogen and oxygen atoms in total. The Hall–Kier alpha value is -2.70. The maximum Gasteiger partial charge on any atom is 0.416 e. The van der Waals surface area contributed by atoms with E-state index in [1.807, 2.05) is 36.1 Å². The summed E-state index contributed by atoms with van der Waals surface area (Å²) in [6.45, 7) is 5.50. The Kier molecular flexibility index (Phi) is 5.82. The highest BCUT2D eigenvalue weighted by molar-refractivity contribution is 5.81. The smallest absolute Gasteiger partial charge is 0.416 e. The molecule has 2 aromatic carbocycles. The lowest BCUT2D eigenvalue weighted by Crippen LogP contribution is -2.52. The summed E-state index contributed by atoms with van der Waals surface area (Å²) in [5.74, 6) is 0.522. The van der Waals surface area contributed by atoms with Gasteiger partial charge in [0.05, 0.1) is 5.56 Å². The monoisotopic (exact) mass is 392 g/mol. The molecule has 1 aliphatic heterocycles. The minimum absolute atomic E-state index is 0.120. The quantitative estimate of drug-likeness (QED) is 0.784. The number of benzene rings is 2. The molecule has 0 bridgehead atoms. The number of hydrogen-bond donors (Lipinski definition) is 0. The van der Waals surface area contributed by atoms with E-state index in [1.54, 1.807) is 17.9 Å². The van der Waals surface area contributed by atoms with Crippen molar-refractivity contribution in [3.05, 3.63) is 59.7 Å². The largest absolute Gasteiger partial charge is 0.481 e. The first kappa shape index (κ1) is 20.0. The average molecular weight is 392 g/mol. The molecule has 1 aliphatic rings. The molecule has 0 spiro atoms. The molecule has 0 aliphatic carbocycles. The lowest BCUT2D eigenvalue weighted by Gasteiger charge is -2.37. The molecule has 2 aromatic rings. The molecule has 1 heterocycles. The van der Waals surface area contributed by atoms with Gasteiger partial charge in [0, 0.05) is 31.9 Å². The van der Waals surface area contributed by atoms with E-state index in [2.05, 4.69) is 0 Å². The fourth-order valence-electron chi connectivity index (χ4n) is 3.26. The van der Waals surface area contributed by atoms with E-state index in [9.17, 15) is 18.0 Å². The van der Waals surface area contributed by atoms with Crippen molar-refractivity contribution in [1.29, 1.82) is 0 Å². The van der Waals surface area contributed by atoms with E-state index < -0.39 is 17.8 Å². The summed E-state index contributed by atoms with van der Waals surface area (Å²) in [5, 5.41) is 0. The fraction of sp³-hybridized carbons (Fsp3) is 0.381. The van der Waals surface area contributed by atoms with E-state index in [-0.39, 0.29) is 5.91 Å². The lowest BCUT2D eigenvalue weighted by molar-refractivity contribution is -0.138. The normalized spacial score (nSPS) is 16.0. The molecule has 1 atom stereocenters. The van der Waals surface area contributed by atoms with Crippen molar-refractivity contribution in [3.63, 3.8) is 0 Å². The van der Waals surface area contributed by atoms with Crippen LogP contribution in [0, 0.1) is 6.92 Å². The van der Waals surface area contributed by atoms with Gasteiger partial charge >= 0.3 is 6.18 Å².